The molecule has 3 saturated carbocycles. The molecule has 4 aromatic rings. The van der Waals surface area contributed by atoms with E-state index in [4.69, 9.17) is 9.47 Å². The van der Waals surface area contributed by atoms with Gasteiger partial charge in [0, 0.05) is 10.8 Å². The second-order valence-electron chi connectivity index (χ2n) is 12.6. The van der Waals surface area contributed by atoms with E-state index in [1.54, 1.807) is 0 Å². The molecule has 7 rings (SSSR count). The molecule has 2 atom stereocenters. The SMILES string of the molecule is CC(C)C12CCC(C)(CC1)C(OC(=O)c1ccc(-c3ccccc3)cc1)C2OC(=O)c1ccc(-c2ccccc2)cc1. The van der Waals surface area contributed by atoms with Gasteiger partial charge in [0.05, 0.1) is 11.1 Å². The fourth-order valence-electron chi connectivity index (χ4n) is 7.04. The molecule has 0 heterocycles. The highest BCUT2D eigenvalue weighted by molar-refractivity contribution is 5.91. The van der Waals surface area contributed by atoms with E-state index < -0.39 is 12.2 Å². The summed E-state index contributed by atoms with van der Waals surface area (Å²) in [5.74, 6) is -0.475. The van der Waals surface area contributed by atoms with Crippen molar-refractivity contribution in [2.75, 3.05) is 0 Å². The summed E-state index contributed by atoms with van der Waals surface area (Å²) >= 11 is 0. The van der Waals surface area contributed by atoms with E-state index in [0.717, 1.165) is 47.9 Å². The Morgan fingerprint density at radius 2 is 0.952 bits per heavy atom. The van der Waals surface area contributed by atoms with Crippen LogP contribution in [-0.2, 0) is 9.47 Å². The van der Waals surface area contributed by atoms with E-state index in [1.165, 1.54) is 0 Å². The molecule has 0 saturated heterocycles. The summed E-state index contributed by atoms with van der Waals surface area (Å²) in [4.78, 5) is 27.2. The predicted molar refractivity (Wildman–Crippen MR) is 166 cm³/mol. The van der Waals surface area contributed by atoms with Crippen molar-refractivity contribution in [2.45, 2.75) is 58.7 Å². The summed E-state index contributed by atoms with van der Waals surface area (Å²) in [6, 6.07) is 35.3. The Labute approximate surface area is 248 Å². The number of benzene rings is 4. The first-order chi connectivity index (χ1) is 20.3. The van der Waals surface area contributed by atoms with Gasteiger partial charge >= 0.3 is 11.9 Å². The van der Waals surface area contributed by atoms with E-state index in [0.29, 0.717) is 11.1 Å². The van der Waals surface area contributed by atoms with Crippen LogP contribution < -0.4 is 0 Å². The third-order valence-electron chi connectivity index (χ3n) is 9.92. The number of carbonyl (C=O) groups is 2. The van der Waals surface area contributed by atoms with E-state index in [1.807, 2.05) is 109 Å². The molecule has 4 heteroatoms. The Kier molecular flexibility index (Phi) is 7.49. The molecule has 0 N–H and O–H groups in total. The second kappa shape index (κ2) is 11.2. The average Bonchev–Trinajstić information content (AvgIpc) is 3.03. The largest absolute Gasteiger partial charge is 0.454 e. The zero-order valence-electron chi connectivity index (χ0n) is 24.6. The Hall–Kier alpha value is -4.18. The van der Waals surface area contributed by atoms with Crippen molar-refractivity contribution in [3.8, 4) is 22.3 Å². The van der Waals surface area contributed by atoms with E-state index in [9.17, 15) is 9.59 Å². The first-order valence-electron chi connectivity index (χ1n) is 15.0. The molecule has 0 amide bonds. The highest BCUT2D eigenvalue weighted by Crippen LogP contribution is 2.61. The van der Waals surface area contributed by atoms with E-state index in [-0.39, 0.29) is 28.7 Å². The Morgan fingerprint density at radius 1 is 0.571 bits per heavy atom. The van der Waals surface area contributed by atoms with Gasteiger partial charge in [0.25, 0.3) is 0 Å². The summed E-state index contributed by atoms with van der Waals surface area (Å²) in [7, 11) is 0. The van der Waals surface area contributed by atoms with Gasteiger partial charge in [-0.2, -0.15) is 0 Å². The van der Waals surface area contributed by atoms with Gasteiger partial charge in [-0.3, -0.25) is 0 Å². The molecule has 2 bridgehead atoms. The Morgan fingerprint density at radius 3 is 1.36 bits per heavy atom. The summed E-state index contributed by atoms with van der Waals surface area (Å²) in [6.07, 6.45) is 2.75. The smallest absolute Gasteiger partial charge is 0.338 e. The van der Waals surface area contributed by atoms with Crippen LogP contribution in [0.3, 0.4) is 0 Å². The van der Waals surface area contributed by atoms with Gasteiger partial charge in [0.2, 0.25) is 0 Å². The lowest BCUT2D eigenvalue weighted by Gasteiger charge is -2.61. The number of fused-ring (bicyclic) bond motifs is 3. The molecule has 3 aliphatic rings. The van der Waals surface area contributed by atoms with Crippen molar-refractivity contribution in [2.24, 2.45) is 16.7 Å². The van der Waals surface area contributed by atoms with Crippen molar-refractivity contribution in [3.63, 3.8) is 0 Å². The number of rotatable bonds is 7. The summed E-state index contributed by atoms with van der Waals surface area (Å²) in [5, 5.41) is 0. The molecule has 2 unspecified atom stereocenters. The zero-order valence-corrected chi connectivity index (χ0v) is 24.6. The van der Waals surface area contributed by atoms with Crippen molar-refractivity contribution < 1.29 is 19.1 Å². The highest BCUT2D eigenvalue weighted by atomic mass is 16.6. The van der Waals surface area contributed by atoms with Gasteiger partial charge in [-0.05, 0) is 78.1 Å². The van der Waals surface area contributed by atoms with Crippen LogP contribution in [0.1, 0.15) is 67.2 Å². The standard InChI is InChI=1S/C38H38O4/c1-26(2)38-24-22-37(3,23-25-38)33(41-35(39)31-18-14-29(15-19-31)27-10-6-4-7-11-27)34(38)42-36(40)32-20-16-30(17-21-32)28-12-8-5-9-13-28/h4-21,26,33-34H,22-25H2,1-3H3. The lowest BCUT2D eigenvalue weighted by atomic mass is 9.48. The van der Waals surface area contributed by atoms with Crippen LogP contribution >= 0.6 is 0 Å². The fourth-order valence-corrected chi connectivity index (χ4v) is 7.04. The first kappa shape index (κ1) is 28.0. The van der Waals surface area contributed by atoms with Crippen LogP contribution in [0.15, 0.2) is 109 Å². The maximum atomic E-state index is 13.6. The minimum atomic E-state index is -0.517. The molecule has 4 aromatic carbocycles. The van der Waals surface area contributed by atoms with Crippen molar-refractivity contribution in [3.05, 3.63) is 120 Å². The third-order valence-corrected chi connectivity index (χ3v) is 9.92. The maximum Gasteiger partial charge on any atom is 0.338 e. The second-order valence-corrected chi connectivity index (χ2v) is 12.6. The number of esters is 2. The first-order valence-corrected chi connectivity index (χ1v) is 15.0. The molecule has 3 aliphatic carbocycles. The lowest BCUT2D eigenvalue weighted by Crippen LogP contribution is -2.64. The van der Waals surface area contributed by atoms with Crippen LogP contribution in [0.2, 0.25) is 0 Å². The summed E-state index contributed by atoms with van der Waals surface area (Å²) < 4.78 is 12.7. The van der Waals surface area contributed by atoms with E-state index >= 15 is 0 Å². The maximum absolute atomic E-state index is 13.6. The van der Waals surface area contributed by atoms with Crippen LogP contribution in [0.5, 0.6) is 0 Å². The summed E-state index contributed by atoms with van der Waals surface area (Å²) in [6.45, 7) is 6.58. The van der Waals surface area contributed by atoms with Gasteiger partial charge in [-0.25, -0.2) is 9.59 Å². The highest BCUT2D eigenvalue weighted by Gasteiger charge is 2.63. The van der Waals surface area contributed by atoms with Crippen molar-refractivity contribution in [1.29, 1.82) is 0 Å². The normalized spacial score (nSPS) is 24.8. The van der Waals surface area contributed by atoms with Crippen LogP contribution in [0.25, 0.3) is 22.3 Å². The minimum absolute atomic E-state index is 0.237. The van der Waals surface area contributed by atoms with Gasteiger partial charge in [0.1, 0.15) is 12.2 Å². The Bertz CT molecular complexity index is 1530. The van der Waals surface area contributed by atoms with Crippen LogP contribution in [0, 0.1) is 16.7 Å². The molecular weight excluding hydrogens is 520 g/mol. The lowest BCUT2D eigenvalue weighted by molar-refractivity contribution is -0.210. The molecule has 214 valence electrons. The molecule has 3 fully saturated rings. The van der Waals surface area contributed by atoms with Crippen molar-refractivity contribution >= 4 is 11.9 Å². The van der Waals surface area contributed by atoms with Crippen LogP contribution in [0.4, 0.5) is 0 Å². The van der Waals surface area contributed by atoms with Gasteiger partial charge < -0.3 is 9.47 Å². The van der Waals surface area contributed by atoms with Crippen molar-refractivity contribution in [1.82, 2.24) is 0 Å². The molecule has 0 spiro atoms. The molecular formula is C38H38O4. The molecule has 0 aliphatic heterocycles. The fraction of sp³-hybridized carbons (Fsp3) is 0.316. The summed E-state index contributed by atoms with van der Waals surface area (Å²) in [5.41, 5.74) is 4.79. The minimum Gasteiger partial charge on any atom is -0.454 e. The molecule has 0 aromatic heterocycles. The van der Waals surface area contributed by atoms with Gasteiger partial charge in [0.15, 0.2) is 0 Å². The van der Waals surface area contributed by atoms with Crippen LogP contribution in [-0.4, -0.2) is 24.1 Å². The number of carbonyl (C=O) groups excluding carboxylic acids is 2. The molecule has 42 heavy (non-hydrogen) atoms. The Balaban J connectivity index is 1.25. The topological polar surface area (TPSA) is 52.6 Å². The number of hydrogen-bond acceptors (Lipinski definition) is 4. The monoisotopic (exact) mass is 558 g/mol. The third kappa shape index (κ3) is 5.15. The molecule has 4 nitrogen and oxygen atoms in total. The predicted octanol–water partition coefficient (Wildman–Crippen LogP) is 9.01. The number of hydrogen-bond donors (Lipinski definition) is 0. The number of ether oxygens (including phenoxy) is 2. The van der Waals surface area contributed by atoms with Gasteiger partial charge in [-0.1, -0.05) is 106 Å². The zero-order chi connectivity index (χ0) is 29.3. The quantitative estimate of drug-likeness (QED) is 0.212. The molecule has 0 radical (unpaired) electrons. The average molecular weight is 559 g/mol. The van der Waals surface area contributed by atoms with Gasteiger partial charge in [-0.15, -0.1) is 0 Å². The van der Waals surface area contributed by atoms with E-state index in [2.05, 4.69) is 20.8 Å².